The summed E-state index contributed by atoms with van der Waals surface area (Å²) in [5, 5.41) is 11.7. The zero-order valence-electron chi connectivity index (χ0n) is 19.4. The molecule has 0 heterocycles. The first-order valence-corrected chi connectivity index (χ1v) is 10.6. The van der Waals surface area contributed by atoms with Crippen molar-refractivity contribution in [2.24, 2.45) is 0 Å². The Morgan fingerprint density at radius 2 is 1.79 bits per heavy atom. The van der Waals surface area contributed by atoms with Gasteiger partial charge in [0.2, 0.25) is 0 Å². The molecule has 0 amide bonds. The third-order valence-electron chi connectivity index (χ3n) is 5.22. The Balaban J connectivity index is 0.00000385. The SMILES string of the molecule is C=C(/C=C(/C(=O)[O-])c1cc(F)ccc1C)c1ccc(-c2cccc(OCCCC)c2)cc1.[Na+]. The molecular formula is C28H26FNaO3. The first-order valence-electron chi connectivity index (χ1n) is 10.6. The molecule has 0 aromatic heterocycles. The summed E-state index contributed by atoms with van der Waals surface area (Å²) < 4.78 is 19.5. The van der Waals surface area contributed by atoms with Gasteiger partial charge in [0, 0.05) is 5.57 Å². The van der Waals surface area contributed by atoms with Crippen molar-refractivity contribution in [2.45, 2.75) is 26.7 Å². The number of hydrogen-bond acceptors (Lipinski definition) is 3. The van der Waals surface area contributed by atoms with E-state index >= 15 is 0 Å². The smallest absolute Gasteiger partial charge is 0.545 e. The molecule has 164 valence electrons. The fourth-order valence-corrected chi connectivity index (χ4v) is 3.37. The van der Waals surface area contributed by atoms with Crippen molar-refractivity contribution < 1.29 is 48.6 Å². The van der Waals surface area contributed by atoms with Crippen LogP contribution in [0.2, 0.25) is 0 Å². The van der Waals surface area contributed by atoms with Crippen LogP contribution in [0.4, 0.5) is 4.39 Å². The summed E-state index contributed by atoms with van der Waals surface area (Å²) in [6.07, 6.45) is 3.52. The number of hydrogen-bond donors (Lipinski definition) is 0. The first-order chi connectivity index (χ1) is 15.4. The molecule has 3 nitrogen and oxygen atoms in total. The van der Waals surface area contributed by atoms with Crippen LogP contribution in [0.25, 0.3) is 22.3 Å². The third-order valence-corrected chi connectivity index (χ3v) is 5.22. The number of aliphatic carboxylic acids is 1. The molecule has 0 N–H and O–H groups in total. The number of benzene rings is 3. The second-order valence-corrected chi connectivity index (χ2v) is 7.64. The van der Waals surface area contributed by atoms with E-state index in [1.54, 1.807) is 13.0 Å². The van der Waals surface area contributed by atoms with E-state index in [1.165, 1.54) is 18.2 Å². The number of carbonyl (C=O) groups excluding carboxylic acids is 1. The zero-order chi connectivity index (χ0) is 23.1. The Kier molecular flexibility index (Phi) is 10.1. The van der Waals surface area contributed by atoms with Gasteiger partial charge < -0.3 is 14.6 Å². The van der Waals surface area contributed by atoms with E-state index in [-0.39, 0.29) is 40.7 Å². The number of allylic oxidation sites excluding steroid dienone is 2. The minimum absolute atomic E-state index is 0. The standard InChI is InChI=1S/C28H27FO3.Na/c1-4-5-15-32-25-8-6-7-23(17-25)22-12-10-21(11-13-22)20(3)16-27(28(30)31)26-18-24(29)14-9-19(26)2;/h6-14,16-18H,3-5,15H2,1-2H3,(H,30,31);/q;+1/p-1/b27-16+;. The van der Waals surface area contributed by atoms with Crippen LogP contribution in [0, 0.1) is 12.7 Å². The predicted octanol–water partition coefficient (Wildman–Crippen LogP) is 2.83. The molecule has 0 fully saturated rings. The first kappa shape index (κ1) is 26.6. The predicted molar refractivity (Wildman–Crippen MR) is 125 cm³/mol. The third kappa shape index (κ3) is 7.16. The molecule has 3 aromatic carbocycles. The Morgan fingerprint density at radius 1 is 1.06 bits per heavy atom. The number of carbonyl (C=O) groups is 1. The summed E-state index contributed by atoms with van der Waals surface area (Å²) in [5.74, 6) is -1.05. The van der Waals surface area contributed by atoms with Crippen molar-refractivity contribution >= 4 is 17.1 Å². The number of halogens is 1. The van der Waals surface area contributed by atoms with Gasteiger partial charge in [-0.25, -0.2) is 4.39 Å². The maximum Gasteiger partial charge on any atom is 1.00 e. The van der Waals surface area contributed by atoms with Gasteiger partial charge >= 0.3 is 29.6 Å². The van der Waals surface area contributed by atoms with Gasteiger partial charge in [0.25, 0.3) is 0 Å². The fraction of sp³-hybridized carbons (Fsp3) is 0.179. The van der Waals surface area contributed by atoms with Gasteiger partial charge in [0.05, 0.1) is 12.6 Å². The van der Waals surface area contributed by atoms with Crippen LogP contribution < -0.4 is 39.4 Å². The van der Waals surface area contributed by atoms with E-state index in [9.17, 15) is 14.3 Å². The number of ether oxygens (including phenoxy) is 1. The Labute approximate surface area is 216 Å². The van der Waals surface area contributed by atoms with Gasteiger partial charge in [-0.3, -0.25) is 0 Å². The van der Waals surface area contributed by atoms with E-state index in [0.29, 0.717) is 17.7 Å². The van der Waals surface area contributed by atoms with Crippen LogP contribution in [0.3, 0.4) is 0 Å². The second-order valence-electron chi connectivity index (χ2n) is 7.64. The van der Waals surface area contributed by atoms with Crippen LogP contribution in [0.5, 0.6) is 5.75 Å². The Morgan fingerprint density at radius 3 is 2.45 bits per heavy atom. The van der Waals surface area contributed by atoms with Crippen molar-refractivity contribution in [1.29, 1.82) is 0 Å². The van der Waals surface area contributed by atoms with Crippen molar-refractivity contribution in [1.82, 2.24) is 0 Å². The molecule has 3 aromatic rings. The molecule has 33 heavy (non-hydrogen) atoms. The van der Waals surface area contributed by atoms with Gasteiger partial charge in [0.1, 0.15) is 11.6 Å². The maximum atomic E-state index is 13.7. The van der Waals surface area contributed by atoms with Gasteiger partial charge in [-0.15, -0.1) is 0 Å². The van der Waals surface area contributed by atoms with Crippen LogP contribution in [-0.4, -0.2) is 12.6 Å². The van der Waals surface area contributed by atoms with E-state index in [0.717, 1.165) is 35.3 Å². The molecule has 0 aliphatic heterocycles. The summed E-state index contributed by atoms with van der Waals surface area (Å²) in [4.78, 5) is 11.7. The van der Waals surface area contributed by atoms with E-state index < -0.39 is 11.8 Å². The molecule has 0 bridgehead atoms. The molecule has 0 saturated heterocycles. The van der Waals surface area contributed by atoms with Gasteiger partial charge in [-0.2, -0.15) is 0 Å². The summed E-state index contributed by atoms with van der Waals surface area (Å²) in [5.41, 5.74) is 4.11. The summed E-state index contributed by atoms with van der Waals surface area (Å²) in [7, 11) is 0. The van der Waals surface area contributed by atoms with Crippen LogP contribution >= 0.6 is 0 Å². The normalized spacial score (nSPS) is 10.9. The average Bonchev–Trinajstić information content (AvgIpc) is 2.79. The average molecular weight is 453 g/mol. The second kappa shape index (κ2) is 12.5. The molecule has 3 rings (SSSR count). The van der Waals surface area contributed by atoms with Crippen molar-refractivity contribution in [3.05, 3.63) is 102 Å². The largest absolute Gasteiger partial charge is 1.00 e. The molecule has 0 aliphatic carbocycles. The van der Waals surface area contributed by atoms with E-state index in [1.807, 2.05) is 48.5 Å². The number of aryl methyl sites for hydroxylation is 1. The van der Waals surface area contributed by atoms with Crippen LogP contribution in [-0.2, 0) is 4.79 Å². The molecule has 5 heteroatoms. The molecule has 0 radical (unpaired) electrons. The molecule has 0 atom stereocenters. The van der Waals surface area contributed by atoms with Crippen LogP contribution in [0.15, 0.2) is 79.4 Å². The van der Waals surface area contributed by atoms with Gasteiger partial charge in [-0.1, -0.05) is 62.4 Å². The maximum absolute atomic E-state index is 13.7. The molecular weight excluding hydrogens is 426 g/mol. The number of unbranched alkanes of at least 4 members (excludes halogenated alkanes) is 1. The summed E-state index contributed by atoms with van der Waals surface area (Å²) in [6.45, 7) is 8.54. The molecule has 0 saturated carbocycles. The summed E-state index contributed by atoms with van der Waals surface area (Å²) >= 11 is 0. The molecule has 0 unspecified atom stereocenters. The van der Waals surface area contributed by atoms with Gasteiger partial charge in [0.15, 0.2) is 0 Å². The van der Waals surface area contributed by atoms with Crippen molar-refractivity contribution in [2.75, 3.05) is 6.61 Å². The monoisotopic (exact) mass is 452 g/mol. The number of carboxylic acids is 1. The fourth-order valence-electron chi connectivity index (χ4n) is 3.37. The van der Waals surface area contributed by atoms with E-state index in [4.69, 9.17) is 4.74 Å². The molecule has 0 spiro atoms. The topological polar surface area (TPSA) is 49.4 Å². The quantitative estimate of drug-likeness (QED) is 0.217. The number of carboxylic acid groups (broad SMARTS) is 1. The van der Waals surface area contributed by atoms with Crippen molar-refractivity contribution in [3.63, 3.8) is 0 Å². The zero-order valence-corrected chi connectivity index (χ0v) is 21.4. The van der Waals surface area contributed by atoms with Gasteiger partial charge in [-0.05, 0) is 77.1 Å². The van der Waals surface area contributed by atoms with Crippen LogP contribution in [0.1, 0.15) is 36.5 Å². The summed E-state index contributed by atoms with van der Waals surface area (Å²) in [6, 6.07) is 19.6. The minimum Gasteiger partial charge on any atom is -0.545 e. The Hall–Kier alpha value is -2.66. The van der Waals surface area contributed by atoms with E-state index in [2.05, 4.69) is 13.5 Å². The van der Waals surface area contributed by atoms with Crippen molar-refractivity contribution in [3.8, 4) is 16.9 Å². The Bertz CT molecular complexity index is 1150. The number of rotatable bonds is 9. The molecule has 0 aliphatic rings. The minimum atomic E-state index is -1.38.